The lowest BCUT2D eigenvalue weighted by Gasteiger charge is -2.36. The quantitative estimate of drug-likeness (QED) is 0.728. The van der Waals surface area contributed by atoms with Crippen LogP contribution in [0.4, 0.5) is 0 Å². The van der Waals surface area contributed by atoms with Crippen molar-refractivity contribution in [1.82, 2.24) is 20.0 Å². The van der Waals surface area contributed by atoms with Gasteiger partial charge in [-0.25, -0.2) is 0 Å². The normalized spacial score (nSPS) is 22.2. The van der Waals surface area contributed by atoms with Gasteiger partial charge in [-0.1, -0.05) is 6.07 Å². The number of likely N-dealkylation sites (tertiary alicyclic amines) is 1. The van der Waals surface area contributed by atoms with E-state index < -0.39 is 0 Å². The summed E-state index contributed by atoms with van der Waals surface area (Å²) in [5, 5.41) is 3.01. The molecule has 0 aromatic heterocycles. The third kappa shape index (κ3) is 6.38. The summed E-state index contributed by atoms with van der Waals surface area (Å²) in [6.45, 7) is 11.9. The van der Waals surface area contributed by atoms with Crippen LogP contribution in [0.5, 0.6) is 11.5 Å². The predicted molar refractivity (Wildman–Crippen MR) is 127 cm³/mol. The molecule has 2 amide bonds. The van der Waals surface area contributed by atoms with Crippen molar-refractivity contribution in [1.29, 1.82) is 0 Å². The van der Waals surface area contributed by atoms with Crippen molar-refractivity contribution in [3.05, 3.63) is 23.8 Å². The number of benzene rings is 1. The molecule has 8 nitrogen and oxygen atoms in total. The van der Waals surface area contributed by atoms with E-state index >= 15 is 0 Å². The molecule has 0 aliphatic carbocycles. The maximum atomic E-state index is 13.1. The Bertz CT molecular complexity index is 845. The van der Waals surface area contributed by atoms with Crippen LogP contribution in [0.1, 0.15) is 51.6 Å². The fraction of sp³-hybridized carbons (Fsp3) is 0.680. The molecule has 0 bridgehead atoms. The monoisotopic (exact) mass is 458 g/mol. The lowest BCUT2D eigenvalue weighted by Crippen LogP contribution is -2.54. The average molecular weight is 459 g/mol. The van der Waals surface area contributed by atoms with Crippen LogP contribution >= 0.6 is 0 Å². The van der Waals surface area contributed by atoms with E-state index in [2.05, 4.69) is 27.2 Å². The first-order valence-electron chi connectivity index (χ1n) is 12.2. The molecule has 8 heteroatoms. The maximum Gasteiger partial charge on any atom is 0.236 e. The molecule has 1 aromatic rings. The molecule has 33 heavy (non-hydrogen) atoms. The topological polar surface area (TPSA) is 74.4 Å². The van der Waals surface area contributed by atoms with Crippen LogP contribution in [0.2, 0.25) is 0 Å². The molecule has 4 rings (SSSR count). The molecule has 0 unspecified atom stereocenters. The van der Waals surface area contributed by atoms with Gasteiger partial charge in [-0.2, -0.15) is 0 Å². The minimum absolute atomic E-state index is 0.0392. The molecule has 1 atom stereocenters. The highest BCUT2D eigenvalue weighted by Gasteiger charge is 2.31. The van der Waals surface area contributed by atoms with Crippen LogP contribution in [0.15, 0.2) is 18.2 Å². The van der Waals surface area contributed by atoms with E-state index in [0.29, 0.717) is 39.4 Å². The van der Waals surface area contributed by atoms with Crippen molar-refractivity contribution in [2.24, 2.45) is 0 Å². The van der Waals surface area contributed by atoms with Gasteiger partial charge in [0.15, 0.2) is 11.5 Å². The Kier molecular flexibility index (Phi) is 7.44. The van der Waals surface area contributed by atoms with E-state index in [0.717, 1.165) is 50.4 Å². The third-order valence-electron chi connectivity index (χ3n) is 6.46. The van der Waals surface area contributed by atoms with Crippen LogP contribution in [0, 0.1) is 0 Å². The number of carbonyl (C=O) groups excluding carboxylic acids is 2. The Labute approximate surface area is 197 Å². The molecule has 1 aromatic carbocycles. The molecule has 3 heterocycles. The van der Waals surface area contributed by atoms with E-state index in [9.17, 15) is 9.59 Å². The Hall–Kier alpha value is -2.32. The molecule has 0 saturated carbocycles. The molecule has 0 spiro atoms. The second-order valence-corrected chi connectivity index (χ2v) is 10.3. The minimum Gasteiger partial charge on any atom is -0.490 e. The fourth-order valence-electron chi connectivity index (χ4n) is 4.87. The van der Waals surface area contributed by atoms with Gasteiger partial charge in [0.25, 0.3) is 0 Å². The highest BCUT2D eigenvalue weighted by atomic mass is 16.5. The zero-order valence-electron chi connectivity index (χ0n) is 20.3. The van der Waals surface area contributed by atoms with Gasteiger partial charge in [-0.3, -0.25) is 19.4 Å². The summed E-state index contributed by atoms with van der Waals surface area (Å²) in [5.74, 6) is 1.84. The van der Waals surface area contributed by atoms with Gasteiger partial charge in [0.1, 0.15) is 0 Å². The smallest absolute Gasteiger partial charge is 0.236 e. The second kappa shape index (κ2) is 10.3. The van der Waals surface area contributed by atoms with Gasteiger partial charge >= 0.3 is 0 Å². The summed E-state index contributed by atoms with van der Waals surface area (Å²) in [6, 6.07) is 6.44. The van der Waals surface area contributed by atoms with Crippen LogP contribution in [-0.4, -0.2) is 91.1 Å². The number of fused-ring (bicyclic) bond motifs is 1. The number of carbonyl (C=O) groups is 2. The van der Waals surface area contributed by atoms with E-state index in [1.54, 1.807) is 0 Å². The van der Waals surface area contributed by atoms with Crippen LogP contribution in [0.25, 0.3) is 0 Å². The zero-order valence-corrected chi connectivity index (χ0v) is 20.3. The third-order valence-corrected chi connectivity index (χ3v) is 6.46. The standard InChI is InChI=1S/C25H38N4O4/c1-25(2,3)26-23(30)17-27-10-12-28(13-11-27)24(31)18-29-9-4-6-20(29)19-7-8-21-22(16-19)33-15-5-14-32-21/h7-8,16,20H,4-6,9-15,17-18H2,1-3H3,(H,26,30)/t20-/m0/s1. The summed E-state index contributed by atoms with van der Waals surface area (Å²) in [5.41, 5.74) is 0.969. The largest absolute Gasteiger partial charge is 0.490 e. The maximum absolute atomic E-state index is 13.1. The number of rotatable bonds is 5. The lowest BCUT2D eigenvalue weighted by atomic mass is 10.0. The Morgan fingerprint density at radius 3 is 2.42 bits per heavy atom. The average Bonchev–Trinajstić information content (AvgIpc) is 3.08. The van der Waals surface area contributed by atoms with Crippen molar-refractivity contribution in [2.75, 3.05) is 59.0 Å². The van der Waals surface area contributed by atoms with E-state index in [4.69, 9.17) is 9.47 Å². The van der Waals surface area contributed by atoms with Crippen LogP contribution in [-0.2, 0) is 9.59 Å². The summed E-state index contributed by atoms with van der Waals surface area (Å²) in [7, 11) is 0. The van der Waals surface area contributed by atoms with Gasteiger partial charge in [0.05, 0.1) is 26.3 Å². The van der Waals surface area contributed by atoms with Crippen molar-refractivity contribution in [3.63, 3.8) is 0 Å². The molecule has 182 valence electrons. The molecule has 1 N–H and O–H groups in total. The van der Waals surface area contributed by atoms with E-state index in [1.807, 2.05) is 31.7 Å². The van der Waals surface area contributed by atoms with Gasteiger partial charge in [0.2, 0.25) is 11.8 Å². The Balaban J connectivity index is 1.29. The molecule has 0 radical (unpaired) electrons. The number of piperazine rings is 1. The number of nitrogens with zero attached hydrogens (tertiary/aromatic N) is 3. The summed E-state index contributed by atoms with van der Waals surface area (Å²) < 4.78 is 11.6. The molecule has 3 aliphatic heterocycles. The molecule has 2 fully saturated rings. The number of hydrogen-bond donors (Lipinski definition) is 1. The predicted octanol–water partition coefficient (Wildman–Crippen LogP) is 2.04. The van der Waals surface area contributed by atoms with E-state index in [1.165, 1.54) is 5.56 Å². The Morgan fingerprint density at radius 2 is 1.70 bits per heavy atom. The highest BCUT2D eigenvalue weighted by molar-refractivity contribution is 5.79. The lowest BCUT2D eigenvalue weighted by molar-refractivity contribution is -0.134. The Morgan fingerprint density at radius 1 is 0.970 bits per heavy atom. The van der Waals surface area contributed by atoms with Gasteiger partial charge in [-0.05, 0) is 57.9 Å². The van der Waals surface area contributed by atoms with Crippen LogP contribution in [0.3, 0.4) is 0 Å². The van der Waals surface area contributed by atoms with Gasteiger partial charge in [-0.15, -0.1) is 0 Å². The fourth-order valence-corrected chi connectivity index (χ4v) is 4.87. The number of nitrogens with one attached hydrogen (secondary N) is 1. The van der Waals surface area contributed by atoms with Gasteiger partial charge < -0.3 is 19.7 Å². The van der Waals surface area contributed by atoms with Crippen molar-refractivity contribution >= 4 is 11.8 Å². The summed E-state index contributed by atoms with van der Waals surface area (Å²) in [6.07, 6.45) is 3.02. The summed E-state index contributed by atoms with van der Waals surface area (Å²) in [4.78, 5) is 31.6. The van der Waals surface area contributed by atoms with Crippen molar-refractivity contribution in [2.45, 2.75) is 51.6 Å². The molecule has 2 saturated heterocycles. The first-order valence-corrected chi connectivity index (χ1v) is 12.2. The molecule has 3 aliphatic rings. The van der Waals surface area contributed by atoms with Gasteiger partial charge in [0, 0.05) is 44.2 Å². The van der Waals surface area contributed by atoms with E-state index in [-0.39, 0.29) is 23.4 Å². The minimum atomic E-state index is -0.225. The van der Waals surface area contributed by atoms with Crippen molar-refractivity contribution in [3.8, 4) is 11.5 Å². The highest BCUT2D eigenvalue weighted by Crippen LogP contribution is 2.37. The summed E-state index contributed by atoms with van der Waals surface area (Å²) >= 11 is 0. The number of hydrogen-bond acceptors (Lipinski definition) is 6. The number of amides is 2. The SMILES string of the molecule is CC(C)(C)NC(=O)CN1CCN(C(=O)CN2CCC[C@H]2c2ccc3c(c2)OCCCO3)CC1. The zero-order chi connectivity index (χ0) is 23.4. The number of ether oxygens (including phenoxy) is 2. The molecular weight excluding hydrogens is 420 g/mol. The van der Waals surface area contributed by atoms with Crippen molar-refractivity contribution < 1.29 is 19.1 Å². The van der Waals surface area contributed by atoms with Crippen LogP contribution < -0.4 is 14.8 Å². The second-order valence-electron chi connectivity index (χ2n) is 10.3. The molecular formula is C25H38N4O4. The first kappa shape index (κ1) is 23.8. The first-order chi connectivity index (χ1) is 15.8.